The van der Waals surface area contributed by atoms with E-state index < -0.39 is 0 Å². The van der Waals surface area contributed by atoms with Gasteiger partial charge in [0.2, 0.25) is 0 Å². The van der Waals surface area contributed by atoms with Gasteiger partial charge in [-0.25, -0.2) is 4.39 Å². The fourth-order valence-electron chi connectivity index (χ4n) is 2.56. The Balaban J connectivity index is 2.19. The molecule has 2 heteroatoms. The summed E-state index contributed by atoms with van der Waals surface area (Å²) in [5, 5.41) is 9.32. The Kier molecular flexibility index (Phi) is 3.24. The van der Waals surface area contributed by atoms with Gasteiger partial charge in [0.25, 0.3) is 0 Å². The van der Waals surface area contributed by atoms with Crippen LogP contribution in [0.1, 0.15) is 37.7 Å². The fourth-order valence-corrected chi connectivity index (χ4v) is 2.56. The maximum atomic E-state index is 13.5. The van der Waals surface area contributed by atoms with Crippen molar-refractivity contribution in [2.24, 2.45) is 5.41 Å². The van der Waals surface area contributed by atoms with Crippen molar-refractivity contribution in [3.05, 3.63) is 35.6 Å². The summed E-state index contributed by atoms with van der Waals surface area (Å²) in [6.07, 6.45) is 5.80. The standard InChI is InChI=1S/C14H16FN/c15-13-7-3-2-6-12(13)10-14(11-16)8-4-1-5-9-14/h2-3,6-7H,1,4-5,8-10H2. The average molecular weight is 217 g/mol. The van der Waals surface area contributed by atoms with Crippen LogP contribution in [0, 0.1) is 22.6 Å². The van der Waals surface area contributed by atoms with Gasteiger partial charge >= 0.3 is 0 Å². The highest BCUT2D eigenvalue weighted by atomic mass is 19.1. The van der Waals surface area contributed by atoms with Crippen molar-refractivity contribution in [2.75, 3.05) is 0 Å². The Morgan fingerprint density at radius 3 is 2.50 bits per heavy atom. The number of hydrogen-bond acceptors (Lipinski definition) is 1. The van der Waals surface area contributed by atoms with E-state index in [1.54, 1.807) is 12.1 Å². The summed E-state index contributed by atoms with van der Waals surface area (Å²) in [5.74, 6) is -0.178. The molecule has 0 N–H and O–H groups in total. The summed E-state index contributed by atoms with van der Waals surface area (Å²) in [6.45, 7) is 0. The smallest absolute Gasteiger partial charge is 0.126 e. The first-order valence-electron chi connectivity index (χ1n) is 5.90. The number of nitriles is 1. The van der Waals surface area contributed by atoms with Crippen LogP contribution in [-0.4, -0.2) is 0 Å². The molecule has 16 heavy (non-hydrogen) atoms. The summed E-state index contributed by atoms with van der Waals surface area (Å²) < 4.78 is 13.5. The van der Waals surface area contributed by atoms with Crippen molar-refractivity contribution in [3.63, 3.8) is 0 Å². The number of halogens is 1. The van der Waals surface area contributed by atoms with Crippen LogP contribution in [0.15, 0.2) is 24.3 Å². The highest BCUT2D eigenvalue weighted by Crippen LogP contribution is 2.38. The molecule has 1 aromatic carbocycles. The monoisotopic (exact) mass is 217 g/mol. The Morgan fingerprint density at radius 2 is 1.88 bits per heavy atom. The summed E-state index contributed by atoms with van der Waals surface area (Å²) in [6, 6.07) is 9.23. The zero-order valence-corrected chi connectivity index (χ0v) is 9.38. The van der Waals surface area contributed by atoms with Gasteiger partial charge in [-0.3, -0.25) is 0 Å². The van der Waals surface area contributed by atoms with Gasteiger partial charge in [-0.2, -0.15) is 5.26 Å². The van der Waals surface area contributed by atoms with Crippen LogP contribution < -0.4 is 0 Å². The molecule has 1 saturated carbocycles. The van der Waals surface area contributed by atoms with Crippen molar-refractivity contribution in [1.82, 2.24) is 0 Å². The lowest BCUT2D eigenvalue weighted by Crippen LogP contribution is -2.25. The van der Waals surface area contributed by atoms with Crippen LogP contribution in [0.2, 0.25) is 0 Å². The molecule has 2 rings (SSSR count). The molecule has 0 heterocycles. The van der Waals surface area contributed by atoms with E-state index in [4.69, 9.17) is 0 Å². The van der Waals surface area contributed by atoms with E-state index in [9.17, 15) is 9.65 Å². The number of nitrogens with zero attached hydrogens (tertiary/aromatic N) is 1. The lowest BCUT2D eigenvalue weighted by Gasteiger charge is -2.30. The first-order valence-corrected chi connectivity index (χ1v) is 5.90. The summed E-state index contributed by atoms with van der Waals surface area (Å²) >= 11 is 0. The maximum absolute atomic E-state index is 13.5. The summed E-state index contributed by atoms with van der Waals surface area (Å²) in [5.41, 5.74) is 0.367. The third-order valence-corrected chi connectivity index (χ3v) is 3.53. The van der Waals surface area contributed by atoms with Crippen LogP contribution >= 0.6 is 0 Å². The van der Waals surface area contributed by atoms with Gasteiger partial charge < -0.3 is 0 Å². The van der Waals surface area contributed by atoms with E-state index in [0.717, 1.165) is 25.7 Å². The molecular formula is C14H16FN. The second-order valence-electron chi connectivity index (χ2n) is 4.72. The topological polar surface area (TPSA) is 23.8 Å². The molecule has 1 aliphatic carbocycles. The van der Waals surface area contributed by atoms with E-state index in [1.807, 2.05) is 6.07 Å². The first-order chi connectivity index (χ1) is 7.76. The van der Waals surface area contributed by atoms with Crippen LogP contribution in [0.5, 0.6) is 0 Å². The molecule has 0 aromatic heterocycles. The van der Waals surface area contributed by atoms with Crippen LogP contribution in [0.4, 0.5) is 4.39 Å². The van der Waals surface area contributed by atoms with Crippen molar-refractivity contribution in [2.45, 2.75) is 38.5 Å². The number of rotatable bonds is 2. The lowest BCUT2D eigenvalue weighted by molar-refractivity contribution is 0.263. The molecule has 0 radical (unpaired) electrons. The maximum Gasteiger partial charge on any atom is 0.126 e. The Morgan fingerprint density at radius 1 is 1.19 bits per heavy atom. The van der Waals surface area contributed by atoms with E-state index in [1.165, 1.54) is 12.5 Å². The van der Waals surface area contributed by atoms with Crippen molar-refractivity contribution in [3.8, 4) is 6.07 Å². The van der Waals surface area contributed by atoms with Gasteiger partial charge in [-0.05, 0) is 30.9 Å². The Hall–Kier alpha value is -1.36. The molecule has 0 unspecified atom stereocenters. The molecular weight excluding hydrogens is 201 g/mol. The molecule has 0 amide bonds. The average Bonchev–Trinajstić information content (AvgIpc) is 2.33. The number of benzene rings is 1. The van der Waals surface area contributed by atoms with E-state index >= 15 is 0 Å². The zero-order chi connectivity index (χ0) is 11.4. The largest absolute Gasteiger partial charge is 0.207 e. The summed E-state index contributed by atoms with van der Waals surface area (Å²) in [4.78, 5) is 0. The molecule has 1 aromatic rings. The van der Waals surface area contributed by atoms with Crippen molar-refractivity contribution < 1.29 is 4.39 Å². The van der Waals surface area contributed by atoms with Crippen molar-refractivity contribution >= 4 is 0 Å². The van der Waals surface area contributed by atoms with E-state index in [2.05, 4.69) is 6.07 Å². The van der Waals surface area contributed by atoms with E-state index in [-0.39, 0.29) is 11.2 Å². The van der Waals surface area contributed by atoms with Gasteiger partial charge in [-0.1, -0.05) is 37.5 Å². The zero-order valence-electron chi connectivity index (χ0n) is 9.38. The SMILES string of the molecule is N#CC1(Cc2ccccc2F)CCCCC1. The van der Waals surface area contributed by atoms with Gasteiger partial charge in [0.05, 0.1) is 11.5 Å². The summed E-state index contributed by atoms with van der Waals surface area (Å²) in [7, 11) is 0. The quantitative estimate of drug-likeness (QED) is 0.738. The fraction of sp³-hybridized carbons (Fsp3) is 0.500. The molecule has 0 spiro atoms. The van der Waals surface area contributed by atoms with Crippen LogP contribution in [0.3, 0.4) is 0 Å². The molecule has 0 aliphatic heterocycles. The third-order valence-electron chi connectivity index (χ3n) is 3.53. The van der Waals surface area contributed by atoms with Crippen LogP contribution in [-0.2, 0) is 6.42 Å². The molecule has 0 atom stereocenters. The highest BCUT2D eigenvalue weighted by Gasteiger charge is 2.32. The molecule has 1 nitrogen and oxygen atoms in total. The number of hydrogen-bond donors (Lipinski definition) is 0. The predicted octanol–water partition coefficient (Wildman–Crippen LogP) is 3.84. The van der Waals surface area contributed by atoms with Gasteiger partial charge in [0.1, 0.15) is 5.82 Å². The lowest BCUT2D eigenvalue weighted by atomic mass is 9.71. The van der Waals surface area contributed by atoms with Crippen LogP contribution in [0.25, 0.3) is 0 Å². The highest BCUT2D eigenvalue weighted by molar-refractivity contribution is 5.21. The minimum absolute atomic E-state index is 0.178. The molecule has 84 valence electrons. The van der Waals surface area contributed by atoms with Gasteiger partial charge in [0.15, 0.2) is 0 Å². The molecule has 1 aliphatic rings. The molecule has 0 saturated heterocycles. The molecule has 0 bridgehead atoms. The third kappa shape index (κ3) is 2.24. The van der Waals surface area contributed by atoms with Gasteiger partial charge in [0, 0.05) is 0 Å². The second-order valence-corrected chi connectivity index (χ2v) is 4.72. The minimum Gasteiger partial charge on any atom is -0.207 e. The second kappa shape index (κ2) is 4.65. The molecule has 1 fully saturated rings. The van der Waals surface area contributed by atoms with Crippen molar-refractivity contribution in [1.29, 1.82) is 5.26 Å². The predicted molar refractivity (Wildman–Crippen MR) is 61.2 cm³/mol. The Bertz CT molecular complexity index is 399. The Labute approximate surface area is 95.9 Å². The van der Waals surface area contributed by atoms with Gasteiger partial charge in [-0.15, -0.1) is 0 Å². The minimum atomic E-state index is -0.319. The first kappa shape index (κ1) is 11.1. The van der Waals surface area contributed by atoms with E-state index in [0.29, 0.717) is 12.0 Å². The normalized spacial score (nSPS) is 19.0.